The maximum atomic E-state index is 12.9. The highest BCUT2D eigenvalue weighted by Gasteiger charge is 2.12. The molecule has 1 N–H and O–H groups in total. The maximum absolute atomic E-state index is 12.9. The number of carbonyl (C=O) groups is 1. The van der Waals surface area contributed by atoms with Crippen molar-refractivity contribution >= 4 is 89.8 Å². The number of rotatable bonds is 6. The topological polar surface area (TPSA) is 85.6 Å². The molecular formula is C24H17BrI2N4O3. The van der Waals surface area contributed by atoms with Gasteiger partial charge in [-0.25, -0.2) is 4.98 Å². The molecule has 10 heteroatoms. The minimum Gasteiger partial charge on any atom is -0.482 e. The number of halogens is 3. The lowest BCUT2D eigenvalue weighted by Crippen LogP contribution is -2.21. The van der Waals surface area contributed by atoms with Gasteiger partial charge in [0.25, 0.3) is 11.5 Å². The molecule has 0 saturated heterocycles. The Morgan fingerprint density at radius 1 is 1.15 bits per heavy atom. The minimum absolute atomic E-state index is 0.110. The predicted octanol–water partition coefficient (Wildman–Crippen LogP) is 5.58. The first-order valence-electron chi connectivity index (χ1n) is 10.0. The summed E-state index contributed by atoms with van der Waals surface area (Å²) in [5, 5.41) is 7.66. The third kappa shape index (κ3) is 5.84. The van der Waals surface area contributed by atoms with E-state index in [1.807, 2.05) is 48.5 Å². The molecule has 0 saturated carbocycles. The molecule has 0 bridgehead atoms. The monoisotopic (exact) mass is 742 g/mol. The fraction of sp³-hybridized carbons (Fsp3) is 0.0833. The van der Waals surface area contributed by atoms with E-state index in [4.69, 9.17) is 4.74 Å². The Morgan fingerprint density at radius 2 is 1.85 bits per heavy atom. The van der Waals surface area contributed by atoms with E-state index in [1.165, 1.54) is 4.68 Å². The first kappa shape index (κ1) is 24.8. The smallest absolute Gasteiger partial charge is 0.282 e. The summed E-state index contributed by atoms with van der Waals surface area (Å²) in [6.45, 7) is 1.63. The Kier molecular flexibility index (Phi) is 7.99. The maximum Gasteiger partial charge on any atom is 0.282 e. The molecule has 172 valence electrons. The largest absolute Gasteiger partial charge is 0.482 e. The molecule has 0 aliphatic carbocycles. The molecule has 7 nitrogen and oxygen atoms in total. The van der Waals surface area contributed by atoms with Crippen molar-refractivity contribution in [3.8, 4) is 5.75 Å². The summed E-state index contributed by atoms with van der Waals surface area (Å²) in [4.78, 5) is 29.6. The van der Waals surface area contributed by atoms with Crippen LogP contribution in [0.25, 0.3) is 10.9 Å². The SMILES string of the molecule is Cc1nc2ccc(Br)cc2c(=O)n1N=Cc1cc(I)c(OCC(=O)Nc2ccccc2)c(I)c1. The van der Waals surface area contributed by atoms with Gasteiger partial charge in [-0.15, -0.1) is 0 Å². The zero-order chi connectivity index (χ0) is 24.2. The van der Waals surface area contributed by atoms with Gasteiger partial charge in [-0.2, -0.15) is 9.78 Å². The highest BCUT2D eigenvalue weighted by Crippen LogP contribution is 2.28. The van der Waals surface area contributed by atoms with E-state index in [9.17, 15) is 9.59 Å². The van der Waals surface area contributed by atoms with Gasteiger partial charge in [0.05, 0.1) is 24.3 Å². The van der Waals surface area contributed by atoms with Crippen LogP contribution >= 0.6 is 61.1 Å². The summed E-state index contributed by atoms with van der Waals surface area (Å²) < 4.78 is 9.51. The summed E-state index contributed by atoms with van der Waals surface area (Å²) in [5.41, 5.74) is 1.89. The number of ether oxygens (including phenoxy) is 1. The lowest BCUT2D eigenvalue weighted by molar-refractivity contribution is -0.118. The first-order valence-corrected chi connectivity index (χ1v) is 13.0. The average Bonchev–Trinajstić information content (AvgIpc) is 2.79. The van der Waals surface area contributed by atoms with Gasteiger partial charge in [-0.05, 0) is 100 Å². The van der Waals surface area contributed by atoms with Gasteiger partial charge in [0.15, 0.2) is 6.61 Å². The lowest BCUT2D eigenvalue weighted by atomic mass is 10.2. The normalized spacial score (nSPS) is 11.2. The van der Waals surface area contributed by atoms with Gasteiger partial charge in [-0.3, -0.25) is 9.59 Å². The molecular weight excluding hydrogens is 726 g/mol. The number of aryl methyl sites for hydroxylation is 1. The molecule has 0 fully saturated rings. The third-order valence-electron chi connectivity index (χ3n) is 4.72. The zero-order valence-electron chi connectivity index (χ0n) is 17.8. The third-order valence-corrected chi connectivity index (χ3v) is 6.81. The van der Waals surface area contributed by atoms with Crippen LogP contribution in [-0.2, 0) is 4.79 Å². The van der Waals surface area contributed by atoms with E-state index in [0.717, 1.165) is 17.2 Å². The van der Waals surface area contributed by atoms with Gasteiger partial charge in [0.1, 0.15) is 11.6 Å². The highest BCUT2D eigenvalue weighted by molar-refractivity contribution is 14.1. The fourth-order valence-electron chi connectivity index (χ4n) is 3.17. The van der Waals surface area contributed by atoms with E-state index in [1.54, 1.807) is 25.3 Å². The molecule has 0 unspecified atom stereocenters. The van der Waals surface area contributed by atoms with E-state index < -0.39 is 0 Å². The first-order chi connectivity index (χ1) is 16.3. The molecule has 0 radical (unpaired) electrons. The van der Waals surface area contributed by atoms with Gasteiger partial charge < -0.3 is 10.1 Å². The number of nitrogens with one attached hydrogen (secondary N) is 1. The summed E-state index contributed by atoms with van der Waals surface area (Å²) in [6, 6.07) is 18.4. The van der Waals surface area contributed by atoms with E-state index in [2.05, 4.69) is 76.5 Å². The van der Waals surface area contributed by atoms with Crippen molar-refractivity contribution in [3.63, 3.8) is 0 Å². The standard InChI is InChI=1S/C24H17BrI2N4O3/c1-14-29-21-8-7-16(25)11-18(21)24(33)31(14)28-12-15-9-19(26)23(20(27)10-15)34-13-22(32)30-17-5-3-2-4-6-17/h2-12H,13H2,1H3,(H,30,32). The Labute approximate surface area is 231 Å². The average molecular weight is 743 g/mol. The van der Waals surface area contributed by atoms with Crippen LogP contribution < -0.4 is 15.6 Å². The summed E-state index contributed by atoms with van der Waals surface area (Å²) in [6.07, 6.45) is 1.61. The number of para-hydroxylation sites is 1. The van der Waals surface area contributed by atoms with Crippen LogP contribution in [0.15, 0.2) is 75.0 Å². The molecule has 1 aromatic heterocycles. The van der Waals surface area contributed by atoms with Crippen LogP contribution in [0.3, 0.4) is 0 Å². The molecule has 4 rings (SSSR count). The van der Waals surface area contributed by atoms with E-state index in [0.29, 0.717) is 28.2 Å². The molecule has 34 heavy (non-hydrogen) atoms. The predicted molar refractivity (Wildman–Crippen MR) is 154 cm³/mol. The summed E-state index contributed by atoms with van der Waals surface area (Å²) >= 11 is 7.70. The van der Waals surface area contributed by atoms with Crippen LogP contribution in [0.1, 0.15) is 11.4 Å². The minimum atomic E-state index is -0.242. The van der Waals surface area contributed by atoms with Crippen LogP contribution in [0.4, 0.5) is 5.69 Å². The Hall–Kier alpha value is -2.32. The van der Waals surface area contributed by atoms with Crippen molar-refractivity contribution in [1.82, 2.24) is 9.66 Å². The number of carbonyl (C=O) groups excluding carboxylic acids is 1. The van der Waals surface area contributed by atoms with Crippen LogP contribution in [-0.4, -0.2) is 28.4 Å². The quantitative estimate of drug-likeness (QED) is 0.207. The molecule has 1 amide bonds. The Morgan fingerprint density at radius 3 is 2.56 bits per heavy atom. The Balaban J connectivity index is 1.52. The second-order valence-corrected chi connectivity index (χ2v) is 10.4. The number of nitrogens with zero attached hydrogens (tertiary/aromatic N) is 3. The molecule has 4 aromatic rings. The molecule has 0 aliphatic rings. The molecule has 0 atom stereocenters. The molecule has 0 spiro atoms. The van der Waals surface area contributed by atoms with Crippen molar-refractivity contribution in [3.05, 3.63) is 94.0 Å². The van der Waals surface area contributed by atoms with Gasteiger partial charge in [-0.1, -0.05) is 34.1 Å². The number of anilines is 1. The fourth-order valence-corrected chi connectivity index (χ4v) is 5.66. The van der Waals surface area contributed by atoms with Crippen molar-refractivity contribution in [1.29, 1.82) is 0 Å². The second kappa shape index (κ2) is 11.0. The number of hydrogen-bond donors (Lipinski definition) is 1. The van der Waals surface area contributed by atoms with E-state index in [-0.39, 0.29) is 18.1 Å². The van der Waals surface area contributed by atoms with Gasteiger partial charge in [0, 0.05) is 10.2 Å². The number of aromatic nitrogens is 2. The zero-order valence-corrected chi connectivity index (χ0v) is 23.7. The highest BCUT2D eigenvalue weighted by atomic mass is 127. The number of amides is 1. The van der Waals surface area contributed by atoms with Crippen molar-refractivity contribution in [2.24, 2.45) is 5.10 Å². The number of hydrogen-bond acceptors (Lipinski definition) is 5. The molecule has 0 aliphatic heterocycles. The second-order valence-electron chi connectivity index (χ2n) is 7.20. The summed E-state index contributed by atoms with van der Waals surface area (Å²) in [7, 11) is 0. The molecule has 3 aromatic carbocycles. The van der Waals surface area contributed by atoms with Crippen LogP contribution in [0.5, 0.6) is 5.75 Å². The van der Waals surface area contributed by atoms with Crippen LogP contribution in [0, 0.1) is 14.1 Å². The van der Waals surface area contributed by atoms with Crippen LogP contribution in [0.2, 0.25) is 0 Å². The van der Waals surface area contributed by atoms with E-state index >= 15 is 0 Å². The number of fused-ring (bicyclic) bond motifs is 1. The van der Waals surface area contributed by atoms with Crippen molar-refractivity contribution in [2.45, 2.75) is 6.92 Å². The molecule has 1 heterocycles. The summed E-state index contributed by atoms with van der Waals surface area (Å²) in [5.74, 6) is 0.866. The van der Waals surface area contributed by atoms with Crippen molar-refractivity contribution in [2.75, 3.05) is 11.9 Å². The van der Waals surface area contributed by atoms with Gasteiger partial charge in [0.2, 0.25) is 0 Å². The lowest BCUT2D eigenvalue weighted by Gasteiger charge is -2.12. The van der Waals surface area contributed by atoms with Gasteiger partial charge >= 0.3 is 0 Å². The Bertz CT molecular complexity index is 1450. The number of benzene rings is 3. The van der Waals surface area contributed by atoms with Crippen molar-refractivity contribution < 1.29 is 9.53 Å².